The van der Waals surface area contributed by atoms with Crippen LogP contribution in [0.15, 0.2) is 73.3 Å². The third-order valence-corrected chi connectivity index (χ3v) is 7.54. The van der Waals surface area contributed by atoms with E-state index in [4.69, 9.17) is 14.2 Å². The predicted octanol–water partition coefficient (Wildman–Crippen LogP) is 4.18. The molecule has 0 bridgehead atoms. The molecule has 0 spiro atoms. The highest BCUT2D eigenvalue weighted by atomic mass is 19.3. The zero-order chi connectivity index (χ0) is 32.9. The maximum Gasteiger partial charge on any atom is 0.387 e. The minimum absolute atomic E-state index is 0.145. The molecule has 15 heteroatoms. The number of amides is 2. The lowest BCUT2D eigenvalue weighted by Gasteiger charge is -2.28. The molecule has 6 rings (SSSR count). The van der Waals surface area contributed by atoms with Gasteiger partial charge in [-0.15, -0.1) is 0 Å². The Balaban J connectivity index is 1.23. The average molecular weight is 647 g/mol. The highest BCUT2D eigenvalue weighted by Gasteiger charge is 2.22. The number of likely N-dealkylation sites (N-methyl/N-ethyl adjacent to an activating group) is 1. The molecule has 3 aromatic heterocycles. The van der Waals surface area contributed by atoms with Crippen LogP contribution < -0.4 is 14.8 Å². The third kappa shape index (κ3) is 7.37. The minimum Gasteiger partial charge on any atom is -0.457 e. The Kier molecular flexibility index (Phi) is 9.35. The summed E-state index contributed by atoms with van der Waals surface area (Å²) in [7, 11) is 3.38. The van der Waals surface area contributed by atoms with Gasteiger partial charge in [-0.25, -0.2) is 9.50 Å². The average Bonchev–Trinajstić information content (AvgIpc) is 3.67. The van der Waals surface area contributed by atoms with Crippen molar-refractivity contribution < 1.29 is 32.6 Å². The van der Waals surface area contributed by atoms with Crippen LogP contribution in [0.25, 0.3) is 16.9 Å². The number of anilines is 1. The van der Waals surface area contributed by atoms with E-state index in [1.165, 1.54) is 39.8 Å². The van der Waals surface area contributed by atoms with Crippen molar-refractivity contribution in [2.75, 3.05) is 51.8 Å². The summed E-state index contributed by atoms with van der Waals surface area (Å²) in [6, 6.07) is 12.7. The molecular formula is C32H32F2N8O5. The zero-order valence-electron chi connectivity index (χ0n) is 25.7. The number of aryl methyl sites for hydroxylation is 1. The standard InChI is InChI=1S/C32H32F2N8O5/c1-39(11-12-41-13-15-45-16-14-41)31(44)21-5-3-6-22(17-21)46-23-7-8-27(47-32(33)34)24(18-23)28-26(20-40(2)38-28)37-30(43)25-19-36-42-10-4-9-35-29(25)42/h3-10,17-20,32H,11-16H2,1-2H3,(H,37,43). The summed E-state index contributed by atoms with van der Waals surface area (Å²) in [6.45, 7) is 1.21. The number of carbonyl (C=O) groups excluding carboxylic acids is 2. The maximum absolute atomic E-state index is 13.5. The molecule has 1 saturated heterocycles. The second-order valence-electron chi connectivity index (χ2n) is 10.8. The molecule has 0 saturated carbocycles. The first-order chi connectivity index (χ1) is 22.7. The zero-order valence-corrected chi connectivity index (χ0v) is 25.7. The summed E-state index contributed by atoms with van der Waals surface area (Å²) in [4.78, 5) is 34.6. The monoisotopic (exact) mass is 646 g/mol. The van der Waals surface area contributed by atoms with Crippen molar-refractivity contribution in [1.82, 2.24) is 34.2 Å². The van der Waals surface area contributed by atoms with Gasteiger partial charge in [-0.05, 0) is 42.5 Å². The number of ether oxygens (including phenoxy) is 3. The van der Waals surface area contributed by atoms with E-state index in [2.05, 4.69) is 25.4 Å². The lowest BCUT2D eigenvalue weighted by molar-refractivity contribution is -0.0495. The summed E-state index contributed by atoms with van der Waals surface area (Å²) in [5.41, 5.74) is 1.53. The van der Waals surface area contributed by atoms with E-state index in [0.29, 0.717) is 36.7 Å². The van der Waals surface area contributed by atoms with Gasteiger partial charge in [0, 0.05) is 64.4 Å². The van der Waals surface area contributed by atoms with E-state index in [1.807, 2.05) is 0 Å². The normalized spacial score (nSPS) is 13.6. The predicted molar refractivity (Wildman–Crippen MR) is 167 cm³/mol. The second kappa shape index (κ2) is 13.9. The summed E-state index contributed by atoms with van der Waals surface area (Å²) in [6.07, 6.45) is 6.12. The number of aromatic nitrogens is 5. The summed E-state index contributed by atoms with van der Waals surface area (Å²) in [5, 5.41) is 11.4. The Bertz CT molecular complexity index is 1890. The van der Waals surface area contributed by atoms with Crippen LogP contribution in [0.2, 0.25) is 0 Å². The molecule has 0 aliphatic carbocycles. The van der Waals surface area contributed by atoms with E-state index < -0.39 is 12.5 Å². The molecule has 1 N–H and O–H groups in total. The quantitative estimate of drug-likeness (QED) is 0.225. The van der Waals surface area contributed by atoms with Crippen molar-refractivity contribution in [1.29, 1.82) is 0 Å². The van der Waals surface area contributed by atoms with Crippen LogP contribution >= 0.6 is 0 Å². The molecule has 1 aliphatic heterocycles. The largest absolute Gasteiger partial charge is 0.457 e. The van der Waals surface area contributed by atoms with E-state index in [0.717, 1.165) is 19.6 Å². The molecule has 1 fully saturated rings. The van der Waals surface area contributed by atoms with Gasteiger partial charge in [-0.1, -0.05) is 6.07 Å². The molecule has 4 heterocycles. The Morgan fingerprint density at radius 3 is 2.72 bits per heavy atom. The molecule has 0 atom stereocenters. The summed E-state index contributed by atoms with van der Waals surface area (Å²) in [5.74, 6) is -0.235. The van der Waals surface area contributed by atoms with Crippen LogP contribution in [0, 0.1) is 0 Å². The number of benzene rings is 2. The number of rotatable bonds is 11. The van der Waals surface area contributed by atoms with Crippen molar-refractivity contribution in [2.45, 2.75) is 6.61 Å². The van der Waals surface area contributed by atoms with Crippen LogP contribution in [0.4, 0.5) is 14.5 Å². The first-order valence-electron chi connectivity index (χ1n) is 14.8. The number of carbonyl (C=O) groups is 2. The molecule has 0 radical (unpaired) electrons. The van der Waals surface area contributed by atoms with Gasteiger partial charge in [0.05, 0.1) is 30.7 Å². The van der Waals surface area contributed by atoms with Crippen molar-refractivity contribution >= 4 is 23.1 Å². The van der Waals surface area contributed by atoms with E-state index >= 15 is 0 Å². The highest BCUT2D eigenvalue weighted by molar-refractivity contribution is 6.09. The van der Waals surface area contributed by atoms with Gasteiger partial charge in [-0.2, -0.15) is 19.0 Å². The number of nitrogens with zero attached hydrogens (tertiary/aromatic N) is 7. The number of hydrogen-bond acceptors (Lipinski definition) is 9. The Hall–Kier alpha value is -5.41. The van der Waals surface area contributed by atoms with Crippen LogP contribution in [-0.4, -0.2) is 99.0 Å². The number of halogens is 2. The lowest BCUT2D eigenvalue weighted by Crippen LogP contribution is -2.41. The summed E-state index contributed by atoms with van der Waals surface area (Å²) < 4.78 is 46.1. The first-order valence-corrected chi connectivity index (χ1v) is 14.8. The van der Waals surface area contributed by atoms with Gasteiger partial charge in [0.25, 0.3) is 11.8 Å². The number of fused-ring (bicyclic) bond motifs is 1. The number of morpholine rings is 1. The number of nitrogens with one attached hydrogen (secondary N) is 1. The van der Waals surface area contributed by atoms with E-state index in [9.17, 15) is 18.4 Å². The second-order valence-corrected chi connectivity index (χ2v) is 10.8. The lowest BCUT2D eigenvalue weighted by atomic mass is 10.1. The highest BCUT2D eigenvalue weighted by Crippen LogP contribution is 2.39. The van der Waals surface area contributed by atoms with Crippen molar-refractivity contribution in [2.24, 2.45) is 7.05 Å². The van der Waals surface area contributed by atoms with Crippen LogP contribution in [0.3, 0.4) is 0 Å². The molecule has 2 amide bonds. The Labute approximate surface area is 268 Å². The minimum atomic E-state index is -3.12. The Morgan fingerprint density at radius 1 is 1.11 bits per heavy atom. The van der Waals surface area contributed by atoms with Crippen LogP contribution in [0.5, 0.6) is 17.2 Å². The van der Waals surface area contributed by atoms with Crippen LogP contribution in [-0.2, 0) is 11.8 Å². The van der Waals surface area contributed by atoms with Crippen molar-refractivity contribution in [3.05, 3.63) is 84.4 Å². The topological polar surface area (TPSA) is 128 Å². The molecule has 2 aromatic carbocycles. The van der Waals surface area contributed by atoms with Gasteiger partial charge >= 0.3 is 6.61 Å². The van der Waals surface area contributed by atoms with E-state index in [1.54, 1.807) is 61.7 Å². The summed E-state index contributed by atoms with van der Waals surface area (Å²) >= 11 is 0. The molecule has 0 unspecified atom stereocenters. The number of hydrogen-bond donors (Lipinski definition) is 1. The smallest absolute Gasteiger partial charge is 0.387 e. The molecule has 47 heavy (non-hydrogen) atoms. The van der Waals surface area contributed by atoms with Crippen molar-refractivity contribution in [3.63, 3.8) is 0 Å². The molecule has 1 aliphatic rings. The fourth-order valence-electron chi connectivity index (χ4n) is 5.18. The number of alkyl halides is 2. The Morgan fingerprint density at radius 2 is 1.91 bits per heavy atom. The first kappa shape index (κ1) is 31.6. The molecule has 13 nitrogen and oxygen atoms in total. The van der Waals surface area contributed by atoms with Gasteiger partial charge in [0.1, 0.15) is 28.5 Å². The third-order valence-electron chi connectivity index (χ3n) is 7.54. The van der Waals surface area contributed by atoms with Gasteiger partial charge < -0.3 is 24.4 Å². The SMILES string of the molecule is CN(CCN1CCOCC1)C(=O)c1cccc(Oc2ccc(OC(F)F)c(-c3nn(C)cc3NC(=O)c3cnn4cccnc34)c2)c1. The van der Waals surface area contributed by atoms with Gasteiger partial charge in [-0.3, -0.25) is 19.2 Å². The molecular weight excluding hydrogens is 614 g/mol. The molecule has 244 valence electrons. The molecule has 5 aromatic rings. The van der Waals surface area contributed by atoms with E-state index in [-0.39, 0.29) is 39.9 Å². The van der Waals surface area contributed by atoms with Crippen LogP contribution in [0.1, 0.15) is 20.7 Å². The fourth-order valence-corrected chi connectivity index (χ4v) is 5.18. The maximum atomic E-state index is 13.5. The fraction of sp³-hybridized carbons (Fsp3) is 0.281. The van der Waals surface area contributed by atoms with Gasteiger partial charge in [0.2, 0.25) is 0 Å². The van der Waals surface area contributed by atoms with Gasteiger partial charge in [0.15, 0.2) is 5.65 Å². The van der Waals surface area contributed by atoms with Crippen molar-refractivity contribution in [3.8, 4) is 28.5 Å².